The molecule has 0 bridgehead atoms. The molecule has 0 amide bonds. The number of rotatable bonds is 5. The molecule has 2 rings (SSSR count). The molecule has 0 radical (unpaired) electrons. The van der Waals surface area contributed by atoms with Crippen molar-refractivity contribution in [1.82, 2.24) is 0 Å². The Kier molecular flexibility index (Phi) is 5.66. The number of nitrogens with zero attached hydrogens (tertiary/aromatic N) is 1. The number of hydrogen-bond acceptors (Lipinski definition) is 4. The highest BCUT2D eigenvalue weighted by Gasteiger charge is 2.08. The van der Waals surface area contributed by atoms with Gasteiger partial charge in [-0.25, -0.2) is 4.79 Å². The minimum Gasteiger partial charge on any atom is -0.423 e. The number of benzene rings is 2. The first-order valence-corrected chi connectivity index (χ1v) is 6.99. The molecule has 0 heterocycles. The van der Waals surface area contributed by atoms with E-state index in [4.69, 9.17) is 16.3 Å². The van der Waals surface area contributed by atoms with Gasteiger partial charge >= 0.3 is 5.97 Å². The molecule has 0 aliphatic rings. The van der Waals surface area contributed by atoms with Crippen LogP contribution >= 0.6 is 11.6 Å². The van der Waals surface area contributed by atoms with E-state index in [1.54, 1.807) is 48.5 Å². The van der Waals surface area contributed by atoms with Crippen LogP contribution in [-0.2, 0) is 0 Å². The van der Waals surface area contributed by atoms with Crippen LogP contribution in [0.25, 0.3) is 5.03 Å². The number of nitro groups is 1. The lowest BCUT2D eigenvalue weighted by atomic mass is 10.1. The van der Waals surface area contributed by atoms with Gasteiger partial charge in [0.1, 0.15) is 5.75 Å². The fourth-order valence-corrected chi connectivity index (χ4v) is 1.91. The van der Waals surface area contributed by atoms with Crippen molar-refractivity contribution >= 4 is 22.6 Å². The second-order valence-electron chi connectivity index (χ2n) is 4.42. The normalized spacial score (nSPS) is 11.4. The number of para-hydroxylation sites is 1. The molecule has 116 valence electrons. The van der Waals surface area contributed by atoms with Crippen LogP contribution in [0.3, 0.4) is 0 Å². The summed E-state index contributed by atoms with van der Waals surface area (Å²) in [5.74, 6) is -0.0134. The summed E-state index contributed by atoms with van der Waals surface area (Å²) < 4.78 is 5.22. The largest absolute Gasteiger partial charge is 0.423 e. The monoisotopic (exact) mass is 329 g/mol. The fourth-order valence-electron chi connectivity index (χ4n) is 1.71. The van der Waals surface area contributed by atoms with E-state index in [-0.39, 0.29) is 0 Å². The molecule has 0 aliphatic carbocycles. The molecule has 0 N–H and O–H groups in total. The second-order valence-corrected chi connectivity index (χ2v) is 4.83. The first kappa shape index (κ1) is 16.5. The van der Waals surface area contributed by atoms with Crippen LogP contribution in [-0.4, -0.2) is 10.9 Å². The van der Waals surface area contributed by atoms with Crippen molar-refractivity contribution in [1.29, 1.82) is 0 Å². The minimum atomic E-state index is -0.580. The summed E-state index contributed by atoms with van der Waals surface area (Å²) in [4.78, 5) is 21.6. The van der Waals surface area contributed by atoms with Gasteiger partial charge in [0.2, 0.25) is 6.20 Å². The fraction of sp³-hybridized carbons (Fsp3) is 0. The van der Waals surface area contributed by atoms with Crippen molar-refractivity contribution < 1.29 is 14.5 Å². The minimum absolute atomic E-state index is 0.325. The molecule has 0 saturated heterocycles. The van der Waals surface area contributed by atoms with Crippen molar-refractivity contribution in [3.63, 3.8) is 0 Å². The Hall–Kier alpha value is -2.92. The third-order valence-corrected chi connectivity index (χ3v) is 3.14. The van der Waals surface area contributed by atoms with Gasteiger partial charge in [-0.05, 0) is 35.9 Å². The van der Waals surface area contributed by atoms with Crippen molar-refractivity contribution in [3.8, 4) is 5.75 Å². The van der Waals surface area contributed by atoms with Gasteiger partial charge in [0, 0.05) is 11.1 Å². The van der Waals surface area contributed by atoms with E-state index >= 15 is 0 Å². The second kappa shape index (κ2) is 7.91. The summed E-state index contributed by atoms with van der Waals surface area (Å²) in [6.45, 7) is 0. The molecule has 0 aromatic heterocycles. The molecular formula is C17H12ClNO4. The summed E-state index contributed by atoms with van der Waals surface area (Å²) in [7, 11) is 0. The lowest BCUT2D eigenvalue weighted by Crippen LogP contribution is -2.08. The molecule has 0 saturated carbocycles. The van der Waals surface area contributed by atoms with Crippen LogP contribution in [0.5, 0.6) is 5.75 Å². The third-order valence-electron chi connectivity index (χ3n) is 2.80. The zero-order valence-electron chi connectivity index (χ0n) is 11.9. The molecule has 0 fully saturated rings. The lowest BCUT2D eigenvalue weighted by molar-refractivity contribution is -0.402. The highest BCUT2D eigenvalue weighted by atomic mass is 35.5. The molecule has 0 spiro atoms. The zero-order chi connectivity index (χ0) is 16.7. The summed E-state index contributed by atoms with van der Waals surface area (Å²) in [6.07, 6.45) is 3.43. The molecule has 23 heavy (non-hydrogen) atoms. The van der Waals surface area contributed by atoms with Crippen LogP contribution < -0.4 is 4.74 Å². The molecule has 6 heteroatoms. The first-order chi connectivity index (χ1) is 11.1. The number of allylic oxidation sites excluding steroid dienone is 2. The first-order valence-electron chi connectivity index (χ1n) is 6.61. The topological polar surface area (TPSA) is 69.4 Å². The Morgan fingerprint density at radius 1 is 1.04 bits per heavy atom. The Bertz CT molecular complexity index is 752. The quantitative estimate of drug-likeness (QED) is 0.270. The van der Waals surface area contributed by atoms with Gasteiger partial charge in [-0.2, -0.15) is 0 Å². The summed E-state index contributed by atoms with van der Waals surface area (Å²) in [5, 5.41) is 10.5. The predicted molar refractivity (Wildman–Crippen MR) is 87.8 cm³/mol. The summed E-state index contributed by atoms with van der Waals surface area (Å²) >= 11 is 6.02. The number of carbonyl (C=O) groups is 1. The number of carbonyl (C=O) groups excluding carboxylic acids is 1. The van der Waals surface area contributed by atoms with Gasteiger partial charge in [-0.3, -0.25) is 10.1 Å². The molecule has 0 aliphatic heterocycles. The SMILES string of the molecule is O=C(Oc1ccccc1)c1ccc(C(Cl)=CC=C[N+](=O)[O-])cc1. The van der Waals surface area contributed by atoms with E-state index in [1.165, 1.54) is 12.2 Å². The Balaban J connectivity index is 2.07. The third kappa shape index (κ3) is 5.09. The Morgan fingerprint density at radius 3 is 2.26 bits per heavy atom. The maximum atomic E-state index is 12.0. The smallest absolute Gasteiger partial charge is 0.343 e. The van der Waals surface area contributed by atoms with Crippen LogP contribution in [0.2, 0.25) is 0 Å². The van der Waals surface area contributed by atoms with Crippen LogP contribution in [0.15, 0.2) is 72.9 Å². The van der Waals surface area contributed by atoms with Crippen molar-refractivity contribution in [2.75, 3.05) is 0 Å². The van der Waals surface area contributed by atoms with Crippen LogP contribution in [0, 0.1) is 10.1 Å². The van der Waals surface area contributed by atoms with E-state index in [9.17, 15) is 14.9 Å². The predicted octanol–water partition coefficient (Wildman–Crippen LogP) is 4.28. The Morgan fingerprint density at radius 2 is 1.65 bits per heavy atom. The molecular weight excluding hydrogens is 318 g/mol. The number of hydrogen-bond donors (Lipinski definition) is 0. The standard InChI is InChI=1S/C17H12ClNO4/c18-16(7-4-12-19(21)22)13-8-10-14(11-9-13)17(20)23-15-5-2-1-3-6-15/h1-12H. The van der Waals surface area contributed by atoms with E-state index in [0.29, 0.717) is 21.9 Å². The van der Waals surface area contributed by atoms with Crippen LogP contribution in [0.1, 0.15) is 15.9 Å². The van der Waals surface area contributed by atoms with Gasteiger partial charge < -0.3 is 4.74 Å². The highest BCUT2D eigenvalue weighted by Crippen LogP contribution is 2.20. The molecule has 0 unspecified atom stereocenters. The summed E-state index contributed by atoms with van der Waals surface area (Å²) in [6, 6.07) is 15.2. The van der Waals surface area contributed by atoms with Crippen molar-refractivity contribution in [2.24, 2.45) is 0 Å². The number of esters is 1. The van der Waals surface area contributed by atoms with Gasteiger partial charge in [0.15, 0.2) is 0 Å². The zero-order valence-corrected chi connectivity index (χ0v) is 12.6. The molecule has 5 nitrogen and oxygen atoms in total. The number of halogens is 1. The van der Waals surface area contributed by atoms with E-state index in [1.807, 2.05) is 6.07 Å². The maximum Gasteiger partial charge on any atom is 0.343 e. The Labute approximate surface area is 137 Å². The average Bonchev–Trinajstić information content (AvgIpc) is 2.55. The van der Waals surface area contributed by atoms with Gasteiger partial charge in [-0.15, -0.1) is 0 Å². The molecule has 2 aromatic rings. The van der Waals surface area contributed by atoms with Gasteiger partial charge in [0.25, 0.3) is 0 Å². The van der Waals surface area contributed by atoms with E-state index < -0.39 is 10.9 Å². The molecule has 0 atom stereocenters. The average molecular weight is 330 g/mol. The summed E-state index contributed by atoms with van der Waals surface area (Å²) in [5.41, 5.74) is 1.01. The lowest BCUT2D eigenvalue weighted by Gasteiger charge is -2.05. The van der Waals surface area contributed by atoms with E-state index in [0.717, 1.165) is 6.20 Å². The van der Waals surface area contributed by atoms with Gasteiger partial charge in [-0.1, -0.05) is 41.9 Å². The highest BCUT2D eigenvalue weighted by molar-refractivity contribution is 6.48. The van der Waals surface area contributed by atoms with E-state index in [2.05, 4.69) is 0 Å². The van der Waals surface area contributed by atoms with Gasteiger partial charge in [0.05, 0.1) is 10.5 Å². The molecule has 2 aromatic carbocycles. The number of ether oxygens (including phenoxy) is 1. The maximum absolute atomic E-state index is 12.0. The van der Waals surface area contributed by atoms with Crippen LogP contribution in [0.4, 0.5) is 0 Å². The van der Waals surface area contributed by atoms with Crippen molar-refractivity contribution in [3.05, 3.63) is 94.2 Å². The van der Waals surface area contributed by atoms with Crippen molar-refractivity contribution in [2.45, 2.75) is 0 Å².